The van der Waals surface area contributed by atoms with Crippen LogP contribution in [0.15, 0.2) is 29.6 Å². The maximum atomic E-state index is 12.9. The zero-order chi connectivity index (χ0) is 18.7. The second kappa shape index (κ2) is 7.86. The van der Waals surface area contributed by atoms with Crippen molar-refractivity contribution in [1.82, 2.24) is 14.8 Å². The van der Waals surface area contributed by atoms with Crippen molar-refractivity contribution in [2.75, 3.05) is 20.6 Å². The first-order valence-electron chi connectivity index (χ1n) is 8.61. The van der Waals surface area contributed by atoms with Crippen molar-refractivity contribution in [3.63, 3.8) is 0 Å². The van der Waals surface area contributed by atoms with Gasteiger partial charge in [0.15, 0.2) is 0 Å². The molecule has 1 fully saturated rings. The summed E-state index contributed by atoms with van der Waals surface area (Å²) in [7, 11) is 3.44. The number of carbonyl (C=O) groups is 2. The summed E-state index contributed by atoms with van der Waals surface area (Å²) in [5.74, 6) is 0.469. The lowest BCUT2D eigenvalue weighted by molar-refractivity contribution is -0.132. The Balaban J connectivity index is 1.70. The van der Waals surface area contributed by atoms with Crippen LogP contribution in [0.4, 0.5) is 0 Å². The van der Waals surface area contributed by atoms with E-state index in [0.29, 0.717) is 30.9 Å². The summed E-state index contributed by atoms with van der Waals surface area (Å²) in [5, 5.41) is 2.96. The van der Waals surface area contributed by atoms with Crippen LogP contribution in [0.1, 0.15) is 33.9 Å². The average molecular weight is 373 g/mol. The van der Waals surface area contributed by atoms with Crippen molar-refractivity contribution < 1.29 is 14.3 Å². The van der Waals surface area contributed by atoms with Gasteiger partial charge in [0, 0.05) is 31.6 Å². The molecule has 1 atom stereocenters. The van der Waals surface area contributed by atoms with Gasteiger partial charge in [-0.1, -0.05) is 6.07 Å². The first kappa shape index (κ1) is 18.4. The Morgan fingerprint density at radius 3 is 2.88 bits per heavy atom. The van der Waals surface area contributed by atoms with Crippen LogP contribution in [-0.2, 0) is 11.4 Å². The minimum absolute atomic E-state index is 0.0258. The van der Waals surface area contributed by atoms with Crippen LogP contribution >= 0.6 is 11.3 Å². The van der Waals surface area contributed by atoms with Crippen LogP contribution in [-0.4, -0.2) is 53.3 Å². The van der Waals surface area contributed by atoms with Gasteiger partial charge in [-0.2, -0.15) is 0 Å². The molecule has 0 bridgehead atoms. The lowest BCUT2D eigenvalue weighted by atomic mass is 10.1. The van der Waals surface area contributed by atoms with Crippen molar-refractivity contribution >= 4 is 23.2 Å². The van der Waals surface area contributed by atoms with Crippen molar-refractivity contribution in [3.8, 4) is 5.75 Å². The van der Waals surface area contributed by atoms with E-state index < -0.39 is 0 Å². The molecule has 1 aromatic heterocycles. The SMILES string of the molecule is Cc1nc(COc2cccc(C(=O)N3CCCC3C(=O)N(C)C)c2)cs1. The van der Waals surface area contributed by atoms with Crippen LogP contribution in [0.2, 0.25) is 0 Å². The first-order chi connectivity index (χ1) is 12.5. The molecule has 2 amide bonds. The number of carbonyl (C=O) groups excluding carboxylic acids is 2. The molecular weight excluding hydrogens is 350 g/mol. The molecule has 1 aliphatic heterocycles. The summed E-state index contributed by atoms with van der Waals surface area (Å²) in [6.07, 6.45) is 1.55. The van der Waals surface area contributed by atoms with E-state index in [-0.39, 0.29) is 17.9 Å². The number of benzene rings is 1. The number of rotatable bonds is 5. The minimum atomic E-state index is -0.375. The molecule has 3 rings (SSSR count). The molecule has 26 heavy (non-hydrogen) atoms. The lowest BCUT2D eigenvalue weighted by Gasteiger charge is -2.26. The molecule has 1 aromatic carbocycles. The number of hydrogen-bond donors (Lipinski definition) is 0. The highest BCUT2D eigenvalue weighted by molar-refractivity contribution is 7.09. The molecule has 7 heteroatoms. The summed E-state index contributed by atoms with van der Waals surface area (Å²) < 4.78 is 5.77. The van der Waals surface area contributed by atoms with E-state index in [4.69, 9.17) is 4.74 Å². The smallest absolute Gasteiger partial charge is 0.254 e. The topological polar surface area (TPSA) is 62.7 Å². The molecule has 0 saturated carbocycles. The van der Waals surface area contributed by atoms with Gasteiger partial charge in [-0.3, -0.25) is 9.59 Å². The molecule has 0 spiro atoms. The van der Waals surface area contributed by atoms with E-state index in [9.17, 15) is 9.59 Å². The van der Waals surface area contributed by atoms with Crippen LogP contribution in [0.5, 0.6) is 5.75 Å². The number of likely N-dealkylation sites (tertiary alicyclic amines) is 1. The Kier molecular flexibility index (Phi) is 5.56. The number of aryl methyl sites for hydroxylation is 1. The summed E-state index contributed by atoms with van der Waals surface area (Å²) in [6.45, 7) is 2.93. The van der Waals surface area contributed by atoms with Gasteiger partial charge < -0.3 is 14.5 Å². The quantitative estimate of drug-likeness (QED) is 0.808. The summed E-state index contributed by atoms with van der Waals surface area (Å²) in [5.41, 5.74) is 1.41. The Labute approximate surface area is 157 Å². The molecule has 1 unspecified atom stereocenters. The van der Waals surface area contributed by atoms with Crippen LogP contribution < -0.4 is 4.74 Å². The Bertz CT molecular complexity index is 803. The third kappa shape index (κ3) is 4.04. The third-order valence-corrected chi connectivity index (χ3v) is 5.20. The van der Waals surface area contributed by atoms with Crippen molar-refractivity contribution in [3.05, 3.63) is 45.9 Å². The Morgan fingerprint density at radius 1 is 1.38 bits per heavy atom. The van der Waals surface area contributed by atoms with E-state index >= 15 is 0 Å². The van der Waals surface area contributed by atoms with Gasteiger partial charge in [0.2, 0.25) is 5.91 Å². The highest BCUT2D eigenvalue weighted by Crippen LogP contribution is 2.23. The largest absolute Gasteiger partial charge is 0.487 e. The second-order valence-corrected chi connectivity index (χ2v) is 7.63. The monoisotopic (exact) mass is 373 g/mol. The zero-order valence-corrected chi connectivity index (χ0v) is 16.1. The molecule has 1 saturated heterocycles. The normalized spacial score (nSPS) is 16.6. The maximum absolute atomic E-state index is 12.9. The number of likely N-dealkylation sites (N-methyl/N-ethyl adjacent to an activating group) is 1. The molecular formula is C19H23N3O3S. The summed E-state index contributed by atoms with van der Waals surface area (Å²) in [4.78, 5) is 32.8. The zero-order valence-electron chi connectivity index (χ0n) is 15.3. The van der Waals surface area contributed by atoms with E-state index in [0.717, 1.165) is 17.1 Å². The third-order valence-electron chi connectivity index (χ3n) is 4.37. The van der Waals surface area contributed by atoms with E-state index in [1.54, 1.807) is 53.4 Å². The number of nitrogens with zero attached hydrogens (tertiary/aromatic N) is 3. The van der Waals surface area contributed by atoms with Crippen molar-refractivity contribution in [1.29, 1.82) is 0 Å². The fourth-order valence-corrected chi connectivity index (χ4v) is 3.68. The van der Waals surface area contributed by atoms with Crippen LogP contribution in [0.3, 0.4) is 0 Å². The standard InChI is InChI=1S/C19H23N3O3S/c1-13-20-15(12-26-13)11-25-16-7-4-6-14(10-16)18(23)22-9-5-8-17(22)19(24)21(2)3/h4,6-7,10,12,17H,5,8-9,11H2,1-3H3. The second-order valence-electron chi connectivity index (χ2n) is 6.56. The van der Waals surface area contributed by atoms with Crippen LogP contribution in [0.25, 0.3) is 0 Å². The molecule has 2 heterocycles. The number of hydrogen-bond acceptors (Lipinski definition) is 5. The molecule has 2 aromatic rings. The molecule has 138 valence electrons. The summed E-state index contributed by atoms with van der Waals surface area (Å²) >= 11 is 1.58. The highest BCUT2D eigenvalue weighted by atomic mass is 32.1. The molecule has 0 aliphatic carbocycles. The summed E-state index contributed by atoms with van der Waals surface area (Å²) in [6, 6.07) is 6.74. The number of amides is 2. The average Bonchev–Trinajstić information content (AvgIpc) is 3.27. The highest BCUT2D eigenvalue weighted by Gasteiger charge is 2.35. The van der Waals surface area contributed by atoms with E-state index in [1.165, 1.54) is 0 Å². The number of ether oxygens (including phenoxy) is 1. The van der Waals surface area contributed by atoms with Gasteiger partial charge in [0.1, 0.15) is 18.4 Å². The minimum Gasteiger partial charge on any atom is -0.487 e. The fraction of sp³-hybridized carbons (Fsp3) is 0.421. The number of thiazole rings is 1. The number of aromatic nitrogens is 1. The fourth-order valence-electron chi connectivity index (χ4n) is 3.08. The lowest BCUT2D eigenvalue weighted by Crippen LogP contribution is -2.45. The van der Waals surface area contributed by atoms with E-state index in [1.807, 2.05) is 18.4 Å². The Hall–Kier alpha value is -2.41. The molecule has 6 nitrogen and oxygen atoms in total. The van der Waals surface area contributed by atoms with Gasteiger partial charge in [0.05, 0.1) is 10.7 Å². The van der Waals surface area contributed by atoms with Crippen molar-refractivity contribution in [2.24, 2.45) is 0 Å². The maximum Gasteiger partial charge on any atom is 0.254 e. The van der Waals surface area contributed by atoms with Gasteiger partial charge in [-0.25, -0.2) is 4.98 Å². The Morgan fingerprint density at radius 2 is 2.19 bits per heavy atom. The predicted molar refractivity (Wildman–Crippen MR) is 100 cm³/mol. The van der Waals surface area contributed by atoms with Gasteiger partial charge in [0.25, 0.3) is 5.91 Å². The van der Waals surface area contributed by atoms with Gasteiger partial charge in [-0.15, -0.1) is 11.3 Å². The van der Waals surface area contributed by atoms with Crippen molar-refractivity contribution in [2.45, 2.75) is 32.4 Å². The predicted octanol–water partition coefficient (Wildman–Crippen LogP) is 2.72. The molecule has 1 aliphatic rings. The molecule has 0 N–H and O–H groups in total. The van der Waals surface area contributed by atoms with E-state index in [2.05, 4.69) is 4.98 Å². The van der Waals surface area contributed by atoms with Gasteiger partial charge >= 0.3 is 0 Å². The van der Waals surface area contributed by atoms with Crippen LogP contribution in [0, 0.1) is 6.92 Å². The molecule has 0 radical (unpaired) electrons. The van der Waals surface area contributed by atoms with Gasteiger partial charge in [-0.05, 0) is 38.0 Å². The first-order valence-corrected chi connectivity index (χ1v) is 9.49.